The molecule has 1 aliphatic carbocycles. The summed E-state index contributed by atoms with van der Waals surface area (Å²) < 4.78 is 5.52. The fourth-order valence-corrected chi connectivity index (χ4v) is 3.77. The number of aromatic hydroxyl groups is 1. The molecule has 1 aliphatic rings. The Balaban J connectivity index is 1.34. The second kappa shape index (κ2) is 7.77. The molecule has 0 aromatic heterocycles. The number of ether oxygens (including phenoxy) is 1. The van der Waals surface area contributed by atoms with Gasteiger partial charge < -0.3 is 15.2 Å². The van der Waals surface area contributed by atoms with Crippen molar-refractivity contribution in [3.05, 3.63) is 89.0 Å². The normalized spacial score (nSPS) is 12.3. The topological polar surface area (TPSA) is 58.6 Å². The molecular weight excluding hydrogens is 350 g/mol. The Morgan fingerprint density at radius 1 is 1.00 bits per heavy atom. The number of aryl methyl sites for hydroxylation is 1. The predicted octanol–water partition coefficient (Wildman–Crippen LogP) is 4.78. The first-order valence-electron chi connectivity index (χ1n) is 9.51. The van der Waals surface area contributed by atoms with Crippen LogP contribution in [0.25, 0.3) is 11.1 Å². The van der Waals surface area contributed by atoms with Crippen molar-refractivity contribution >= 4 is 6.09 Å². The van der Waals surface area contributed by atoms with Crippen LogP contribution < -0.4 is 5.32 Å². The maximum absolute atomic E-state index is 12.2. The van der Waals surface area contributed by atoms with Crippen LogP contribution in [-0.4, -0.2) is 24.4 Å². The third kappa shape index (κ3) is 3.58. The molecule has 0 spiro atoms. The fraction of sp³-hybridized carbons (Fsp3) is 0.208. The number of rotatable bonds is 5. The van der Waals surface area contributed by atoms with Crippen LogP contribution in [0.4, 0.5) is 4.79 Å². The van der Waals surface area contributed by atoms with E-state index in [1.807, 2.05) is 43.3 Å². The number of nitrogens with one attached hydrogen (secondary N) is 1. The van der Waals surface area contributed by atoms with Crippen LogP contribution in [0.3, 0.4) is 0 Å². The second-order valence-corrected chi connectivity index (χ2v) is 7.12. The Hall–Kier alpha value is -3.27. The predicted molar refractivity (Wildman–Crippen MR) is 110 cm³/mol. The Kier molecular flexibility index (Phi) is 5.02. The number of amides is 1. The molecule has 0 radical (unpaired) electrons. The van der Waals surface area contributed by atoms with E-state index in [-0.39, 0.29) is 11.7 Å². The number of benzene rings is 3. The van der Waals surface area contributed by atoms with E-state index < -0.39 is 6.09 Å². The van der Waals surface area contributed by atoms with Crippen LogP contribution in [0.1, 0.15) is 28.2 Å². The van der Waals surface area contributed by atoms with E-state index in [9.17, 15) is 9.90 Å². The lowest BCUT2D eigenvalue weighted by Crippen LogP contribution is -2.28. The highest BCUT2D eigenvalue weighted by atomic mass is 16.5. The highest BCUT2D eigenvalue weighted by molar-refractivity contribution is 5.79. The molecule has 2 N–H and O–H groups in total. The monoisotopic (exact) mass is 373 g/mol. The number of phenols is 1. The molecule has 4 heteroatoms. The highest BCUT2D eigenvalue weighted by Crippen LogP contribution is 2.44. The van der Waals surface area contributed by atoms with Gasteiger partial charge in [-0.05, 0) is 52.8 Å². The molecule has 0 saturated carbocycles. The Morgan fingerprint density at radius 3 is 2.29 bits per heavy atom. The number of hydrogen-bond acceptors (Lipinski definition) is 3. The van der Waals surface area contributed by atoms with Crippen molar-refractivity contribution in [2.24, 2.45) is 0 Å². The van der Waals surface area contributed by atoms with Gasteiger partial charge in [-0.15, -0.1) is 0 Å². The lowest BCUT2D eigenvalue weighted by Gasteiger charge is -2.14. The molecule has 0 heterocycles. The van der Waals surface area contributed by atoms with Crippen molar-refractivity contribution in [2.75, 3.05) is 13.2 Å². The van der Waals surface area contributed by atoms with Gasteiger partial charge >= 0.3 is 6.09 Å². The molecular formula is C24H23NO3. The molecule has 142 valence electrons. The Morgan fingerprint density at radius 2 is 1.64 bits per heavy atom. The molecule has 4 rings (SSSR count). The average molecular weight is 373 g/mol. The summed E-state index contributed by atoms with van der Waals surface area (Å²) in [6.07, 6.45) is 0.219. The van der Waals surface area contributed by atoms with Crippen molar-refractivity contribution in [3.8, 4) is 16.9 Å². The van der Waals surface area contributed by atoms with Gasteiger partial charge in [0.2, 0.25) is 0 Å². The van der Waals surface area contributed by atoms with Gasteiger partial charge in [-0.3, -0.25) is 0 Å². The van der Waals surface area contributed by atoms with Crippen molar-refractivity contribution in [1.82, 2.24) is 5.32 Å². The molecule has 0 saturated heterocycles. The molecule has 1 amide bonds. The number of phenolic OH excluding ortho intramolecular Hbond substituents is 1. The number of carbonyl (C=O) groups is 1. The van der Waals surface area contributed by atoms with E-state index in [4.69, 9.17) is 4.74 Å². The molecule has 0 aliphatic heterocycles. The van der Waals surface area contributed by atoms with Crippen LogP contribution in [0, 0.1) is 6.92 Å². The Bertz CT molecular complexity index is 967. The molecule has 0 atom stereocenters. The minimum absolute atomic E-state index is 0.0622. The molecule has 0 unspecified atom stereocenters. The molecule has 0 bridgehead atoms. The summed E-state index contributed by atoms with van der Waals surface area (Å²) in [5.41, 5.74) is 6.64. The van der Waals surface area contributed by atoms with Gasteiger partial charge in [0.15, 0.2) is 0 Å². The molecule has 4 nitrogen and oxygen atoms in total. The largest absolute Gasteiger partial charge is 0.508 e. The number of alkyl carbamates (subject to hydrolysis) is 1. The van der Waals surface area contributed by atoms with Crippen molar-refractivity contribution in [3.63, 3.8) is 0 Å². The highest BCUT2D eigenvalue weighted by Gasteiger charge is 2.28. The van der Waals surface area contributed by atoms with Gasteiger partial charge in [-0.25, -0.2) is 4.79 Å². The van der Waals surface area contributed by atoms with Gasteiger partial charge in [0.05, 0.1) is 0 Å². The Labute approximate surface area is 164 Å². The fourth-order valence-electron chi connectivity index (χ4n) is 3.77. The number of hydrogen-bond donors (Lipinski definition) is 2. The van der Waals surface area contributed by atoms with E-state index >= 15 is 0 Å². The van der Waals surface area contributed by atoms with E-state index in [0.717, 1.165) is 11.1 Å². The van der Waals surface area contributed by atoms with Gasteiger partial charge in [0.1, 0.15) is 12.4 Å². The van der Waals surface area contributed by atoms with E-state index in [2.05, 4.69) is 29.6 Å². The second-order valence-electron chi connectivity index (χ2n) is 7.12. The zero-order valence-electron chi connectivity index (χ0n) is 15.8. The third-order valence-corrected chi connectivity index (χ3v) is 5.30. The quantitative estimate of drug-likeness (QED) is 0.676. The van der Waals surface area contributed by atoms with Crippen LogP contribution in [0.2, 0.25) is 0 Å². The summed E-state index contributed by atoms with van der Waals surface area (Å²) >= 11 is 0. The van der Waals surface area contributed by atoms with Crippen LogP contribution in [-0.2, 0) is 11.2 Å². The summed E-state index contributed by atoms with van der Waals surface area (Å²) in [5, 5.41) is 12.6. The SMILES string of the molecule is Cc1ccc(CCNC(=O)OCC2c3ccccc3-c3ccccc32)cc1O. The van der Waals surface area contributed by atoms with E-state index in [1.165, 1.54) is 22.3 Å². The first-order valence-corrected chi connectivity index (χ1v) is 9.51. The summed E-state index contributed by atoms with van der Waals surface area (Å²) in [6.45, 7) is 2.62. The van der Waals surface area contributed by atoms with Crippen LogP contribution >= 0.6 is 0 Å². The average Bonchev–Trinajstić information content (AvgIpc) is 3.03. The van der Waals surface area contributed by atoms with E-state index in [0.29, 0.717) is 19.6 Å². The van der Waals surface area contributed by atoms with Crippen LogP contribution in [0.5, 0.6) is 5.75 Å². The molecule has 3 aromatic rings. The summed E-state index contributed by atoms with van der Waals surface area (Å²) in [6, 6.07) is 22.1. The maximum atomic E-state index is 12.2. The molecule has 3 aromatic carbocycles. The first-order chi connectivity index (χ1) is 13.6. The van der Waals surface area contributed by atoms with Gasteiger partial charge in [-0.1, -0.05) is 60.7 Å². The van der Waals surface area contributed by atoms with E-state index in [1.54, 1.807) is 6.07 Å². The minimum Gasteiger partial charge on any atom is -0.508 e. The lowest BCUT2D eigenvalue weighted by molar-refractivity contribution is 0.143. The standard InChI is InChI=1S/C24H23NO3/c1-16-10-11-17(14-23(16)26)12-13-25-24(27)28-15-22-20-8-4-2-6-18(20)19-7-3-5-9-21(19)22/h2-11,14,22,26H,12-13,15H2,1H3,(H,25,27). The number of fused-ring (bicyclic) bond motifs is 3. The van der Waals surface area contributed by atoms with Crippen molar-refractivity contribution < 1.29 is 14.6 Å². The van der Waals surface area contributed by atoms with Crippen molar-refractivity contribution in [1.29, 1.82) is 0 Å². The third-order valence-electron chi connectivity index (χ3n) is 5.30. The van der Waals surface area contributed by atoms with Gasteiger partial charge in [0.25, 0.3) is 0 Å². The maximum Gasteiger partial charge on any atom is 0.407 e. The smallest absolute Gasteiger partial charge is 0.407 e. The van der Waals surface area contributed by atoms with Crippen molar-refractivity contribution in [2.45, 2.75) is 19.3 Å². The van der Waals surface area contributed by atoms with Gasteiger partial charge in [0, 0.05) is 12.5 Å². The van der Waals surface area contributed by atoms with Gasteiger partial charge in [-0.2, -0.15) is 0 Å². The molecule has 28 heavy (non-hydrogen) atoms. The summed E-state index contributed by atoms with van der Waals surface area (Å²) in [7, 11) is 0. The van der Waals surface area contributed by atoms with Crippen LogP contribution in [0.15, 0.2) is 66.7 Å². The summed E-state index contributed by atoms with van der Waals surface area (Å²) in [4.78, 5) is 12.2. The zero-order valence-corrected chi connectivity index (χ0v) is 15.8. The number of carbonyl (C=O) groups excluding carboxylic acids is 1. The summed E-state index contributed by atoms with van der Waals surface area (Å²) in [5.74, 6) is 0.339. The first kappa shape index (κ1) is 18.1. The lowest BCUT2D eigenvalue weighted by atomic mass is 9.98. The minimum atomic E-state index is -0.418. The molecule has 0 fully saturated rings. The zero-order chi connectivity index (χ0) is 19.5.